The number of benzene rings is 1. The van der Waals surface area contributed by atoms with Crippen LogP contribution in [-0.2, 0) is 6.54 Å². The fraction of sp³-hybridized carbons (Fsp3) is 0.312. The molecule has 0 aliphatic rings. The highest BCUT2D eigenvalue weighted by Gasteiger charge is 2.10. The molecule has 0 saturated heterocycles. The van der Waals surface area contributed by atoms with Crippen LogP contribution in [0.3, 0.4) is 0 Å². The second kappa shape index (κ2) is 7.27. The Morgan fingerprint density at radius 1 is 1.14 bits per heavy atom. The van der Waals surface area contributed by atoms with E-state index in [9.17, 15) is 0 Å². The Kier molecular flexibility index (Phi) is 5.88. The van der Waals surface area contributed by atoms with Gasteiger partial charge < -0.3 is 5.32 Å². The van der Waals surface area contributed by atoms with Crippen molar-refractivity contribution in [2.45, 2.75) is 42.8 Å². The summed E-state index contributed by atoms with van der Waals surface area (Å²) in [7, 11) is 0. The van der Waals surface area contributed by atoms with E-state index < -0.39 is 0 Å². The van der Waals surface area contributed by atoms with Crippen LogP contribution in [0.2, 0.25) is 0 Å². The van der Waals surface area contributed by atoms with Gasteiger partial charge in [0.15, 0.2) is 0 Å². The zero-order chi connectivity index (χ0) is 15.5. The molecule has 0 spiro atoms. The highest BCUT2D eigenvalue weighted by atomic mass is 79.9. The van der Waals surface area contributed by atoms with Crippen molar-refractivity contribution in [1.82, 2.24) is 10.3 Å². The van der Waals surface area contributed by atoms with E-state index in [0.717, 1.165) is 20.5 Å². The molecule has 0 bridgehead atoms. The molecule has 0 atom stereocenters. The molecule has 0 aliphatic heterocycles. The molecule has 5 heteroatoms. The number of rotatable bonds is 4. The number of pyridine rings is 1. The number of nitrogens with one attached hydrogen (secondary N) is 1. The van der Waals surface area contributed by atoms with Gasteiger partial charge >= 0.3 is 0 Å². The molecule has 2 nitrogen and oxygen atoms in total. The standard InChI is InChI=1S/C16H18Br2N2S/c1-16(2,3)20-9-11-4-6-13(8-14(11)18)21-15-7-5-12(17)10-19-15/h4-8,10,20H,9H2,1-3H3. The number of hydrogen-bond acceptors (Lipinski definition) is 3. The van der Waals surface area contributed by atoms with Gasteiger partial charge in [0.25, 0.3) is 0 Å². The average Bonchev–Trinajstić information content (AvgIpc) is 2.39. The van der Waals surface area contributed by atoms with Crippen molar-refractivity contribution in [3.63, 3.8) is 0 Å². The molecule has 21 heavy (non-hydrogen) atoms. The Hall–Kier alpha value is -0.360. The molecule has 1 aromatic heterocycles. The second-order valence-electron chi connectivity index (χ2n) is 5.77. The van der Waals surface area contributed by atoms with E-state index in [4.69, 9.17) is 0 Å². The van der Waals surface area contributed by atoms with E-state index in [1.807, 2.05) is 18.3 Å². The Morgan fingerprint density at radius 3 is 2.48 bits per heavy atom. The van der Waals surface area contributed by atoms with E-state index >= 15 is 0 Å². The van der Waals surface area contributed by atoms with Gasteiger partial charge in [0, 0.05) is 32.1 Å². The SMILES string of the molecule is CC(C)(C)NCc1ccc(Sc2ccc(Br)cn2)cc1Br. The Labute approximate surface area is 147 Å². The first-order valence-electron chi connectivity index (χ1n) is 6.66. The van der Waals surface area contributed by atoms with Gasteiger partial charge in [0.2, 0.25) is 0 Å². The summed E-state index contributed by atoms with van der Waals surface area (Å²) in [5.41, 5.74) is 1.38. The lowest BCUT2D eigenvalue weighted by molar-refractivity contribution is 0.424. The molecular weight excluding hydrogens is 412 g/mol. The number of nitrogens with zero attached hydrogens (tertiary/aromatic N) is 1. The number of aromatic nitrogens is 1. The summed E-state index contributed by atoms with van der Waals surface area (Å²) in [6.45, 7) is 7.37. The molecule has 1 N–H and O–H groups in total. The maximum atomic E-state index is 4.38. The molecule has 1 heterocycles. The van der Waals surface area contributed by atoms with Gasteiger partial charge in [0.1, 0.15) is 5.03 Å². The second-order valence-corrected chi connectivity index (χ2v) is 8.64. The zero-order valence-corrected chi connectivity index (χ0v) is 16.3. The molecule has 1 aromatic carbocycles. The van der Waals surface area contributed by atoms with Crippen molar-refractivity contribution in [3.8, 4) is 0 Å². The highest BCUT2D eigenvalue weighted by Crippen LogP contribution is 2.30. The zero-order valence-electron chi connectivity index (χ0n) is 12.3. The first kappa shape index (κ1) is 17.0. The normalized spacial score (nSPS) is 11.7. The van der Waals surface area contributed by atoms with Crippen molar-refractivity contribution in [3.05, 3.63) is 51.0 Å². The van der Waals surface area contributed by atoms with Crippen LogP contribution < -0.4 is 5.32 Å². The summed E-state index contributed by atoms with van der Waals surface area (Å²) in [5, 5.41) is 4.49. The molecule has 0 radical (unpaired) electrons. The molecule has 0 aliphatic carbocycles. The third-order valence-electron chi connectivity index (χ3n) is 2.76. The van der Waals surface area contributed by atoms with Crippen LogP contribution in [0.25, 0.3) is 0 Å². The first-order chi connectivity index (χ1) is 9.83. The third kappa shape index (κ3) is 5.74. The predicted octanol–water partition coefficient (Wildman–Crippen LogP) is 5.65. The van der Waals surface area contributed by atoms with Crippen LogP contribution in [-0.4, -0.2) is 10.5 Å². The quantitative estimate of drug-likeness (QED) is 0.679. The smallest absolute Gasteiger partial charge is 0.101 e. The van der Waals surface area contributed by atoms with Crippen LogP contribution in [0.15, 0.2) is 55.4 Å². The van der Waals surface area contributed by atoms with Crippen molar-refractivity contribution < 1.29 is 0 Å². The Bertz CT molecular complexity index is 607. The van der Waals surface area contributed by atoms with E-state index in [-0.39, 0.29) is 5.54 Å². The van der Waals surface area contributed by atoms with Crippen LogP contribution in [0, 0.1) is 0 Å². The first-order valence-corrected chi connectivity index (χ1v) is 9.07. The lowest BCUT2D eigenvalue weighted by Crippen LogP contribution is -2.35. The molecule has 0 unspecified atom stereocenters. The molecule has 0 fully saturated rings. The van der Waals surface area contributed by atoms with Gasteiger partial charge in [-0.2, -0.15) is 0 Å². The number of hydrogen-bond donors (Lipinski definition) is 1. The minimum atomic E-state index is 0.119. The van der Waals surface area contributed by atoms with Crippen molar-refractivity contribution >= 4 is 43.6 Å². The Morgan fingerprint density at radius 2 is 1.90 bits per heavy atom. The maximum absolute atomic E-state index is 4.38. The van der Waals surface area contributed by atoms with Crippen LogP contribution in [0.5, 0.6) is 0 Å². The molecule has 0 amide bonds. The molecule has 112 valence electrons. The summed E-state index contributed by atoms with van der Waals surface area (Å²) in [6.07, 6.45) is 1.82. The topological polar surface area (TPSA) is 24.9 Å². The van der Waals surface area contributed by atoms with Crippen molar-refractivity contribution in [2.75, 3.05) is 0 Å². The van der Waals surface area contributed by atoms with E-state index in [1.165, 1.54) is 10.5 Å². The van der Waals surface area contributed by atoms with Gasteiger partial charge in [-0.05, 0) is 66.5 Å². The minimum Gasteiger partial charge on any atom is -0.308 e. The highest BCUT2D eigenvalue weighted by molar-refractivity contribution is 9.10. The maximum Gasteiger partial charge on any atom is 0.101 e. The van der Waals surface area contributed by atoms with Gasteiger partial charge in [-0.15, -0.1) is 0 Å². The molecule has 0 saturated carbocycles. The fourth-order valence-electron chi connectivity index (χ4n) is 1.64. The van der Waals surface area contributed by atoms with Crippen molar-refractivity contribution in [2.24, 2.45) is 0 Å². The van der Waals surface area contributed by atoms with Crippen molar-refractivity contribution in [1.29, 1.82) is 0 Å². The van der Waals surface area contributed by atoms with E-state index in [1.54, 1.807) is 11.8 Å². The number of halogens is 2. The Balaban J connectivity index is 2.06. The predicted molar refractivity (Wildman–Crippen MR) is 96.8 cm³/mol. The van der Waals surface area contributed by atoms with Gasteiger partial charge in [-0.1, -0.05) is 33.8 Å². The fourth-order valence-corrected chi connectivity index (χ4v) is 3.34. The monoisotopic (exact) mass is 428 g/mol. The lowest BCUT2D eigenvalue weighted by atomic mass is 10.1. The summed E-state index contributed by atoms with van der Waals surface area (Å²) in [5.74, 6) is 0. The van der Waals surface area contributed by atoms with Crippen LogP contribution in [0.1, 0.15) is 26.3 Å². The average molecular weight is 430 g/mol. The van der Waals surface area contributed by atoms with E-state index in [2.05, 4.69) is 81.1 Å². The van der Waals surface area contributed by atoms with Crippen LogP contribution >= 0.6 is 43.6 Å². The van der Waals surface area contributed by atoms with Gasteiger partial charge in [-0.3, -0.25) is 0 Å². The summed E-state index contributed by atoms with van der Waals surface area (Å²) >= 11 is 8.72. The van der Waals surface area contributed by atoms with Gasteiger partial charge in [0.05, 0.1) is 0 Å². The summed E-state index contributed by atoms with van der Waals surface area (Å²) in [4.78, 5) is 5.56. The largest absolute Gasteiger partial charge is 0.308 e. The minimum absolute atomic E-state index is 0.119. The molecular formula is C16H18Br2N2S. The lowest BCUT2D eigenvalue weighted by Gasteiger charge is -2.21. The summed E-state index contributed by atoms with van der Waals surface area (Å²) in [6, 6.07) is 10.5. The third-order valence-corrected chi connectivity index (χ3v) is 4.90. The van der Waals surface area contributed by atoms with Gasteiger partial charge in [-0.25, -0.2) is 4.98 Å². The molecule has 2 rings (SSSR count). The molecule has 2 aromatic rings. The van der Waals surface area contributed by atoms with Crippen LogP contribution in [0.4, 0.5) is 0 Å². The summed E-state index contributed by atoms with van der Waals surface area (Å²) < 4.78 is 2.12. The van der Waals surface area contributed by atoms with E-state index in [0.29, 0.717) is 0 Å².